The van der Waals surface area contributed by atoms with E-state index in [0.29, 0.717) is 18.2 Å². The van der Waals surface area contributed by atoms with Crippen molar-refractivity contribution in [3.63, 3.8) is 0 Å². The predicted molar refractivity (Wildman–Crippen MR) is 116 cm³/mol. The van der Waals surface area contributed by atoms with Gasteiger partial charge in [-0.05, 0) is 38.1 Å². The Kier molecular flexibility index (Phi) is 6.95. The molecule has 0 aliphatic heterocycles. The van der Waals surface area contributed by atoms with Gasteiger partial charge in [0.25, 0.3) is 5.91 Å². The van der Waals surface area contributed by atoms with E-state index >= 15 is 0 Å². The number of hydrogen-bond acceptors (Lipinski definition) is 4. The summed E-state index contributed by atoms with van der Waals surface area (Å²) in [6, 6.07) is 18.5. The number of aromatic nitrogens is 1. The molecule has 0 fully saturated rings. The van der Waals surface area contributed by atoms with Gasteiger partial charge in [-0.1, -0.05) is 49.4 Å². The van der Waals surface area contributed by atoms with E-state index in [-0.39, 0.29) is 5.91 Å². The minimum atomic E-state index is -0.0702. The maximum absolute atomic E-state index is 12.4. The monoisotopic (exact) mass is 393 g/mol. The molecule has 0 atom stereocenters. The summed E-state index contributed by atoms with van der Waals surface area (Å²) in [6.07, 6.45) is 0. The van der Waals surface area contributed by atoms with E-state index in [1.165, 1.54) is 5.56 Å². The van der Waals surface area contributed by atoms with Gasteiger partial charge < -0.3 is 5.32 Å². The molecule has 146 valence electrons. The van der Waals surface area contributed by atoms with Gasteiger partial charge in [-0.2, -0.15) is 0 Å². The van der Waals surface area contributed by atoms with Crippen LogP contribution in [0.1, 0.15) is 41.7 Å². The van der Waals surface area contributed by atoms with Gasteiger partial charge in [0, 0.05) is 29.1 Å². The Labute approximate surface area is 171 Å². The number of nitrogens with zero attached hydrogens (tertiary/aromatic N) is 2. The van der Waals surface area contributed by atoms with E-state index < -0.39 is 0 Å². The van der Waals surface area contributed by atoms with Crippen molar-refractivity contribution >= 4 is 17.2 Å². The van der Waals surface area contributed by atoms with E-state index in [2.05, 4.69) is 36.0 Å². The Morgan fingerprint density at radius 1 is 1.11 bits per heavy atom. The van der Waals surface area contributed by atoms with Gasteiger partial charge in [0.15, 0.2) is 0 Å². The van der Waals surface area contributed by atoms with Crippen LogP contribution in [0.25, 0.3) is 11.3 Å². The molecule has 0 spiro atoms. The zero-order valence-corrected chi connectivity index (χ0v) is 17.5. The first-order valence-corrected chi connectivity index (χ1v) is 10.6. The highest BCUT2D eigenvalue weighted by Crippen LogP contribution is 2.21. The number of thiazole rings is 1. The first-order valence-electron chi connectivity index (χ1n) is 9.68. The molecule has 1 amide bonds. The number of nitrogens with one attached hydrogen (secondary N) is 1. The van der Waals surface area contributed by atoms with Crippen LogP contribution in [-0.4, -0.2) is 28.4 Å². The van der Waals surface area contributed by atoms with Gasteiger partial charge in [-0.15, -0.1) is 11.3 Å². The Morgan fingerprint density at radius 3 is 2.46 bits per heavy atom. The fourth-order valence-electron chi connectivity index (χ4n) is 3.05. The fraction of sp³-hybridized carbons (Fsp3) is 0.304. The molecule has 1 N–H and O–H groups in total. The van der Waals surface area contributed by atoms with Gasteiger partial charge in [-0.3, -0.25) is 9.69 Å². The standard InChI is InChI=1S/C23H27N3OS/c1-4-26(17(2)3)15-18-10-12-20(13-11-18)23(27)24-14-22-25-21(16-28-22)19-8-6-5-7-9-19/h5-13,16-17H,4,14-15H2,1-3H3,(H,24,27). The maximum Gasteiger partial charge on any atom is 0.251 e. The average Bonchev–Trinajstić information content (AvgIpc) is 3.20. The maximum atomic E-state index is 12.4. The predicted octanol–water partition coefficient (Wildman–Crippen LogP) is 4.97. The van der Waals surface area contributed by atoms with Crippen molar-refractivity contribution in [2.24, 2.45) is 0 Å². The third-order valence-electron chi connectivity index (χ3n) is 4.76. The van der Waals surface area contributed by atoms with E-state index in [0.717, 1.165) is 29.4 Å². The van der Waals surface area contributed by atoms with Crippen molar-refractivity contribution < 1.29 is 4.79 Å². The molecule has 0 radical (unpaired) electrons. The van der Waals surface area contributed by atoms with Gasteiger partial charge >= 0.3 is 0 Å². The second-order valence-corrected chi connectivity index (χ2v) is 7.97. The lowest BCUT2D eigenvalue weighted by molar-refractivity contribution is 0.0951. The van der Waals surface area contributed by atoms with E-state index in [1.807, 2.05) is 60.0 Å². The highest BCUT2D eigenvalue weighted by molar-refractivity contribution is 7.09. The van der Waals surface area contributed by atoms with Crippen LogP contribution in [-0.2, 0) is 13.1 Å². The van der Waals surface area contributed by atoms with Crippen LogP contribution in [0, 0.1) is 0 Å². The van der Waals surface area contributed by atoms with Crippen molar-refractivity contribution in [1.82, 2.24) is 15.2 Å². The third-order valence-corrected chi connectivity index (χ3v) is 5.61. The number of benzene rings is 2. The Morgan fingerprint density at radius 2 is 1.82 bits per heavy atom. The summed E-state index contributed by atoms with van der Waals surface area (Å²) in [7, 11) is 0. The molecular formula is C23H27N3OS. The van der Waals surface area contributed by atoms with Crippen LogP contribution in [0.5, 0.6) is 0 Å². The molecule has 2 aromatic carbocycles. The third kappa shape index (κ3) is 5.27. The molecule has 0 saturated heterocycles. The first kappa shape index (κ1) is 20.2. The Balaban J connectivity index is 1.56. The fourth-order valence-corrected chi connectivity index (χ4v) is 3.79. The van der Waals surface area contributed by atoms with Crippen LogP contribution in [0.4, 0.5) is 0 Å². The lowest BCUT2D eigenvalue weighted by atomic mass is 10.1. The molecule has 28 heavy (non-hydrogen) atoms. The lowest BCUT2D eigenvalue weighted by Crippen LogP contribution is -2.30. The van der Waals surface area contributed by atoms with Crippen molar-refractivity contribution in [2.45, 2.75) is 39.9 Å². The van der Waals surface area contributed by atoms with Crippen LogP contribution < -0.4 is 5.32 Å². The second kappa shape index (κ2) is 9.62. The van der Waals surface area contributed by atoms with Crippen LogP contribution in [0.2, 0.25) is 0 Å². The van der Waals surface area contributed by atoms with Gasteiger partial charge in [-0.25, -0.2) is 4.98 Å². The summed E-state index contributed by atoms with van der Waals surface area (Å²) in [5.41, 5.74) is 3.94. The van der Waals surface area contributed by atoms with Crippen LogP contribution >= 0.6 is 11.3 Å². The minimum Gasteiger partial charge on any atom is -0.346 e. The SMILES string of the molecule is CCN(Cc1ccc(C(=O)NCc2nc(-c3ccccc3)cs2)cc1)C(C)C. The molecule has 1 heterocycles. The van der Waals surface area contributed by atoms with Crippen molar-refractivity contribution in [1.29, 1.82) is 0 Å². The summed E-state index contributed by atoms with van der Waals surface area (Å²) >= 11 is 1.56. The van der Waals surface area contributed by atoms with Gasteiger partial charge in [0.1, 0.15) is 5.01 Å². The van der Waals surface area contributed by atoms with Crippen LogP contribution in [0.15, 0.2) is 60.0 Å². The number of rotatable bonds is 8. The lowest BCUT2D eigenvalue weighted by Gasteiger charge is -2.24. The zero-order valence-electron chi connectivity index (χ0n) is 16.7. The molecular weight excluding hydrogens is 366 g/mol. The molecule has 4 nitrogen and oxygen atoms in total. The molecule has 0 aliphatic carbocycles. The summed E-state index contributed by atoms with van der Waals surface area (Å²) in [5, 5.41) is 5.90. The normalized spacial score (nSPS) is 11.2. The molecule has 1 aromatic heterocycles. The van der Waals surface area contributed by atoms with Gasteiger partial charge in [0.2, 0.25) is 0 Å². The number of carbonyl (C=O) groups excluding carboxylic acids is 1. The zero-order chi connectivity index (χ0) is 19.9. The van der Waals surface area contributed by atoms with Crippen LogP contribution in [0.3, 0.4) is 0 Å². The van der Waals surface area contributed by atoms with Crippen molar-refractivity contribution in [2.75, 3.05) is 6.54 Å². The minimum absolute atomic E-state index is 0.0702. The highest BCUT2D eigenvalue weighted by atomic mass is 32.1. The Bertz CT molecular complexity index is 888. The highest BCUT2D eigenvalue weighted by Gasteiger charge is 2.10. The molecule has 5 heteroatoms. The smallest absolute Gasteiger partial charge is 0.251 e. The molecule has 3 aromatic rings. The second-order valence-electron chi connectivity index (χ2n) is 7.03. The first-order chi connectivity index (χ1) is 13.6. The van der Waals surface area contributed by atoms with Crippen molar-refractivity contribution in [3.05, 3.63) is 76.1 Å². The number of hydrogen-bond donors (Lipinski definition) is 1. The quantitative estimate of drug-likeness (QED) is 0.588. The van der Waals surface area contributed by atoms with Gasteiger partial charge in [0.05, 0.1) is 12.2 Å². The van der Waals surface area contributed by atoms with E-state index in [1.54, 1.807) is 11.3 Å². The summed E-state index contributed by atoms with van der Waals surface area (Å²) in [4.78, 5) is 19.5. The van der Waals surface area contributed by atoms with E-state index in [9.17, 15) is 4.79 Å². The molecule has 0 saturated carbocycles. The number of carbonyl (C=O) groups is 1. The number of amides is 1. The topological polar surface area (TPSA) is 45.2 Å². The molecule has 0 unspecified atom stereocenters. The Hall–Kier alpha value is -2.50. The molecule has 0 aliphatic rings. The largest absolute Gasteiger partial charge is 0.346 e. The van der Waals surface area contributed by atoms with Crippen molar-refractivity contribution in [3.8, 4) is 11.3 Å². The average molecular weight is 394 g/mol. The summed E-state index contributed by atoms with van der Waals surface area (Å²) in [6.45, 7) is 8.93. The van der Waals surface area contributed by atoms with E-state index in [4.69, 9.17) is 0 Å². The summed E-state index contributed by atoms with van der Waals surface area (Å²) in [5.74, 6) is -0.0702. The molecule has 0 bridgehead atoms. The summed E-state index contributed by atoms with van der Waals surface area (Å²) < 4.78 is 0. The molecule has 3 rings (SSSR count).